The van der Waals surface area contributed by atoms with Gasteiger partial charge in [0.2, 0.25) is 0 Å². The molecule has 0 atom stereocenters. The molecular formula is C12H10Cl5NO4. The van der Waals surface area contributed by atoms with Crippen molar-refractivity contribution < 1.29 is 19.1 Å². The van der Waals surface area contributed by atoms with Crippen LogP contribution in [0, 0.1) is 0 Å². The zero-order valence-corrected chi connectivity index (χ0v) is 14.7. The monoisotopic (exact) mass is 407 g/mol. The maximum Gasteiger partial charge on any atom is 0.311 e. The molecule has 0 saturated heterocycles. The van der Waals surface area contributed by atoms with Crippen molar-refractivity contribution >= 4 is 69.9 Å². The topological polar surface area (TPSA) is 78.6 Å². The third kappa shape index (κ3) is 5.05. The Morgan fingerprint density at radius 3 is 1.77 bits per heavy atom. The Morgan fingerprint density at radius 2 is 1.27 bits per heavy atom. The molecule has 0 aliphatic carbocycles. The van der Waals surface area contributed by atoms with Crippen molar-refractivity contribution in [2.24, 2.45) is 5.73 Å². The Kier molecular flexibility index (Phi) is 8.03. The molecule has 0 amide bonds. The molecule has 0 spiro atoms. The van der Waals surface area contributed by atoms with E-state index in [1.165, 1.54) is 0 Å². The van der Waals surface area contributed by atoms with Gasteiger partial charge >= 0.3 is 11.9 Å². The van der Waals surface area contributed by atoms with Crippen molar-refractivity contribution in [3.05, 3.63) is 25.1 Å². The quantitative estimate of drug-likeness (QED) is 0.331. The van der Waals surface area contributed by atoms with Crippen molar-refractivity contribution in [2.75, 3.05) is 13.2 Å². The molecule has 10 heteroatoms. The van der Waals surface area contributed by atoms with Crippen LogP contribution in [0.15, 0.2) is 0 Å². The fourth-order valence-corrected chi connectivity index (χ4v) is 2.49. The Balaban J connectivity index is 2.75. The van der Waals surface area contributed by atoms with E-state index in [9.17, 15) is 9.59 Å². The molecule has 122 valence electrons. The normalized spacial score (nSPS) is 10.5. The second-order valence-corrected chi connectivity index (χ2v) is 5.77. The van der Waals surface area contributed by atoms with Crippen molar-refractivity contribution in [1.29, 1.82) is 0 Å². The van der Waals surface area contributed by atoms with Gasteiger partial charge in [0.25, 0.3) is 0 Å². The van der Waals surface area contributed by atoms with E-state index in [4.69, 9.17) is 73.2 Å². The summed E-state index contributed by atoms with van der Waals surface area (Å²) in [5.41, 5.74) is 5.17. The molecular weight excluding hydrogens is 399 g/mol. The van der Waals surface area contributed by atoms with E-state index in [0.29, 0.717) is 0 Å². The Labute approximate surface area is 151 Å². The van der Waals surface area contributed by atoms with E-state index in [-0.39, 0.29) is 56.9 Å². The van der Waals surface area contributed by atoms with Gasteiger partial charge in [-0.05, 0) is 0 Å². The number of rotatable bonds is 6. The Hall–Kier alpha value is -0.430. The van der Waals surface area contributed by atoms with Gasteiger partial charge in [0.15, 0.2) is 5.75 Å². The first-order valence-corrected chi connectivity index (χ1v) is 7.76. The summed E-state index contributed by atoms with van der Waals surface area (Å²) in [6.45, 7) is 0.275. The van der Waals surface area contributed by atoms with E-state index < -0.39 is 11.9 Å². The van der Waals surface area contributed by atoms with Gasteiger partial charge in [-0.3, -0.25) is 9.59 Å². The fourth-order valence-electron chi connectivity index (χ4n) is 1.29. The summed E-state index contributed by atoms with van der Waals surface area (Å²) in [6, 6.07) is 0. The molecule has 0 aliphatic rings. The molecule has 5 nitrogen and oxygen atoms in total. The number of esters is 2. The molecule has 0 aliphatic heterocycles. The fraction of sp³-hybridized carbons (Fsp3) is 0.333. The average Bonchev–Trinajstić information content (AvgIpc) is 2.51. The van der Waals surface area contributed by atoms with E-state index in [1.807, 2.05) is 0 Å². The van der Waals surface area contributed by atoms with Crippen LogP contribution in [-0.4, -0.2) is 25.1 Å². The largest absolute Gasteiger partial charge is 0.464 e. The molecule has 0 saturated carbocycles. The van der Waals surface area contributed by atoms with E-state index in [2.05, 4.69) is 0 Å². The van der Waals surface area contributed by atoms with Gasteiger partial charge in [-0.25, -0.2) is 0 Å². The van der Waals surface area contributed by atoms with Crippen LogP contribution in [0.25, 0.3) is 0 Å². The number of ether oxygens (including phenoxy) is 2. The second kappa shape index (κ2) is 9.01. The molecule has 2 N–H and O–H groups in total. The minimum Gasteiger partial charge on any atom is -0.464 e. The minimum absolute atomic E-state index is 0.0523. The van der Waals surface area contributed by atoms with Gasteiger partial charge in [-0.1, -0.05) is 58.0 Å². The lowest BCUT2D eigenvalue weighted by molar-refractivity contribution is -0.146. The lowest BCUT2D eigenvalue weighted by Crippen LogP contribution is -2.16. The second-order valence-electron chi connectivity index (χ2n) is 3.88. The highest BCUT2D eigenvalue weighted by molar-refractivity contribution is 6.55. The summed E-state index contributed by atoms with van der Waals surface area (Å²) in [5.74, 6) is -1.56. The predicted octanol–water partition coefficient (Wildman–Crippen LogP) is 4.14. The molecule has 0 unspecified atom stereocenters. The lowest BCUT2D eigenvalue weighted by Gasteiger charge is -2.12. The average molecular weight is 409 g/mol. The Bertz CT molecular complexity index is 564. The SMILES string of the molecule is NCCOC(=O)CCC(=O)Oc1c(Cl)c(Cl)c(Cl)c(Cl)c1Cl. The van der Waals surface area contributed by atoms with Crippen LogP contribution in [0.2, 0.25) is 25.1 Å². The number of halogens is 5. The van der Waals surface area contributed by atoms with Gasteiger partial charge in [-0.15, -0.1) is 0 Å². The van der Waals surface area contributed by atoms with Crippen molar-refractivity contribution in [3.63, 3.8) is 0 Å². The van der Waals surface area contributed by atoms with Crippen molar-refractivity contribution in [1.82, 2.24) is 0 Å². The molecule has 1 aromatic rings. The summed E-state index contributed by atoms with van der Waals surface area (Å²) in [7, 11) is 0. The first-order valence-electron chi connectivity index (χ1n) is 5.87. The summed E-state index contributed by atoms with van der Waals surface area (Å²) in [4.78, 5) is 23.0. The number of carbonyl (C=O) groups excluding carboxylic acids is 2. The zero-order chi connectivity index (χ0) is 16.9. The molecule has 0 radical (unpaired) electrons. The number of hydrogen-bond acceptors (Lipinski definition) is 5. The molecule has 1 rings (SSSR count). The van der Waals surface area contributed by atoms with Crippen LogP contribution in [0.5, 0.6) is 5.75 Å². The highest BCUT2D eigenvalue weighted by Crippen LogP contribution is 2.48. The predicted molar refractivity (Wildman–Crippen MR) is 86.4 cm³/mol. The molecule has 22 heavy (non-hydrogen) atoms. The van der Waals surface area contributed by atoms with E-state index in [0.717, 1.165) is 0 Å². The van der Waals surface area contributed by atoms with Gasteiger partial charge < -0.3 is 15.2 Å². The van der Waals surface area contributed by atoms with Gasteiger partial charge in [0.1, 0.15) is 16.7 Å². The van der Waals surface area contributed by atoms with Crippen LogP contribution >= 0.6 is 58.0 Å². The van der Waals surface area contributed by atoms with Gasteiger partial charge in [0, 0.05) is 6.54 Å². The third-order valence-electron chi connectivity index (χ3n) is 2.30. The van der Waals surface area contributed by atoms with Crippen molar-refractivity contribution in [2.45, 2.75) is 12.8 Å². The third-order valence-corrected chi connectivity index (χ3v) is 4.54. The highest BCUT2D eigenvalue weighted by atomic mass is 35.5. The molecule has 0 aromatic heterocycles. The van der Waals surface area contributed by atoms with Crippen LogP contribution < -0.4 is 10.5 Å². The summed E-state index contributed by atoms with van der Waals surface area (Å²) in [6.07, 6.45) is -0.420. The maximum absolute atomic E-state index is 11.7. The van der Waals surface area contributed by atoms with E-state index >= 15 is 0 Å². The van der Waals surface area contributed by atoms with Gasteiger partial charge in [-0.2, -0.15) is 0 Å². The smallest absolute Gasteiger partial charge is 0.311 e. The number of benzene rings is 1. The van der Waals surface area contributed by atoms with Crippen LogP contribution in [0.3, 0.4) is 0 Å². The maximum atomic E-state index is 11.7. The molecule has 1 aromatic carbocycles. The summed E-state index contributed by atoms with van der Waals surface area (Å²) in [5, 5.41) is -0.547. The first-order chi connectivity index (χ1) is 10.3. The summed E-state index contributed by atoms with van der Waals surface area (Å²) >= 11 is 29.3. The lowest BCUT2D eigenvalue weighted by atomic mass is 10.3. The van der Waals surface area contributed by atoms with Gasteiger partial charge in [0.05, 0.1) is 27.9 Å². The van der Waals surface area contributed by atoms with Crippen LogP contribution in [0.4, 0.5) is 0 Å². The molecule has 0 fully saturated rings. The summed E-state index contributed by atoms with van der Waals surface area (Å²) < 4.78 is 9.69. The highest BCUT2D eigenvalue weighted by Gasteiger charge is 2.22. The van der Waals surface area contributed by atoms with Crippen molar-refractivity contribution in [3.8, 4) is 5.75 Å². The molecule has 0 heterocycles. The Morgan fingerprint density at radius 1 is 0.818 bits per heavy atom. The van der Waals surface area contributed by atoms with Crippen LogP contribution in [-0.2, 0) is 14.3 Å². The minimum atomic E-state index is -0.761. The zero-order valence-electron chi connectivity index (χ0n) is 10.9. The number of carbonyl (C=O) groups is 2. The number of hydrogen-bond donors (Lipinski definition) is 1. The number of nitrogens with two attached hydrogens (primary N) is 1. The standard InChI is InChI=1S/C12H10Cl5NO4/c13-7-8(14)10(16)12(11(17)9(7)15)22-6(20)2-1-5(19)21-4-3-18/h1-4,18H2. The first kappa shape index (κ1) is 19.6. The van der Waals surface area contributed by atoms with Crippen LogP contribution in [0.1, 0.15) is 12.8 Å². The molecule has 0 bridgehead atoms. The van der Waals surface area contributed by atoms with E-state index in [1.54, 1.807) is 0 Å².